The average Bonchev–Trinajstić information content (AvgIpc) is 2.74. The van der Waals surface area contributed by atoms with Crippen LogP contribution in [0.5, 0.6) is 0 Å². The molecule has 4 nitrogen and oxygen atoms in total. The van der Waals surface area contributed by atoms with E-state index < -0.39 is 11.4 Å². The predicted molar refractivity (Wildman–Crippen MR) is 85.9 cm³/mol. The fraction of sp³-hybridized carbons (Fsp3) is 0.500. The van der Waals surface area contributed by atoms with Gasteiger partial charge in [-0.2, -0.15) is 0 Å². The van der Waals surface area contributed by atoms with Crippen LogP contribution in [0.25, 0.3) is 10.2 Å². The zero-order chi connectivity index (χ0) is 14.7. The maximum atomic E-state index is 11.8. The van der Waals surface area contributed by atoms with Crippen molar-refractivity contribution in [1.82, 2.24) is 4.98 Å². The van der Waals surface area contributed by atoms with E-state index in [-0.39, 0.29) is 0 Å². The molecule has 1 heterocycles. The molecule has 0 radical (unpaired) electrons. The molecule has 0 unspecified atom stereocenters. The summed E-state index contributed by atoms with van der Waals surface area (Å²) in [5.41, 5.74) is 0.337. The van der Waals surface area contributed by atoms with E-state index in [0.29, 0.717) is 6.54 Å². The number of hydrogen-bond donors (Lipinski definition) is 2. The van der Waals surface area contributed by atoms with Gasteiger partial charge in [-0.1, -0.05) is 49.2 Å². The molecule has 2 aromatic rings. The maximum absolute atomic E-state index is 11.8. The van der Waals surface area contributed by atoms with E-state index in [1.807, 2.05) is 24.3 Å². The largest absolute Gasteiger partial charge is 0.481 e. The minimum Gasteiger partial charge on any atom is -0.481 e. The summed E-state index contributed by atoms with van der Waals surface area (Å²) in [5, 5.41) is 13.8. The van der Waals surface area contributed by atoms with Gasteiger partial charge >= 0.3 is 5.97 Å². The number of nitrogens with one attached hydrogen (secondary N) is 1. The highest BCUT2D eigenvalue weighted by Crippen LogP contribution is 2.36. The van der Waals surface area contributed by atoms with Crippen LogP contribution in [-0.2, 0) is 4.79 Å². The molecule has 1 aliphatic rings. The number of para-hydroxylation sites is 1. The van der Waals surface area contributed by atoms with Crippen LogP contribution in [-0.4, -0.2) is 22.6 Å². The number of thiazole rings is 1. The first kappa shape index (κ1) is 14.3. The van der Waals surface area contributed by atoms with Crippen LogP contribution in [0.2, 0.25) is 0 Å². The molecule has 1 aliphatic carbocycles. The Hall–Kier alpha value is -1.62. The van der Waals surface area contributed by atoms with Gasteiger partial charge in [-0.05, 0) is 25.0 Å². The van der Waals surface area contributed by atoms with Crippen LogP contribution in [0.4, 0.5) is 5.13 Å². The number of hydrogen-bond acceptors (Lipinski definition) is 4. The minimum atomic E-state index is -0.669. The fourth-order valence-electron chi connectivity index (χ4n) is 3.06. The first-order valence-corrected chi connectivity index (χ1v) is 8.34. The maximum Gasteiger partial charge on any atom is 0.311 e. The smallest absolute Gasteiger partial charge is 0.311 e. The molecule has 0 bridgehead atoms. The van der Waals surface area contributed by atoms with Crippen molar-refractivity contribution < 1.29 is 9.90 Å². The number of aromatic nitrogens is 1. The summed E-state index contributed by atoms with van der Waals surface area (Å²) in [6.07, 6.45) is 5.84. The molecule has 21 heavy (non-hydrogen) atoms. The molecule has 2 N–H and O–H groups in total. The predicted octanol–water partition coefficient (Wildman–Crippen LogP) is 4.13. The van der Waals surface area contributed by atoms with E-state index in [2.05, 4.69) is 10.3 Å². The Bertz CT molecular complexity index is 597. The molecule has 0 aliphatic heterocycles. The van der Waals surface area contributed by atoms with Crippen molar-refractivity contribution in [2.75, 3.05) is 11.9 Å². The average molecular weight is 304 g/mol. The SMILES string of the molecule is O=C(O)C1(CNc2nc3ccccc3s2)CCCCCC1. The van der Waals surface area contributed by atoms with E-state index in [1.165, 1.54) is 0 Å². The summed E-state index contributed by atoms with van der Waals surface area (Å²) >= 11 is 1.59. The van der Waals surface area contributed by atoms with Crippen molar-refractivity contribution in [1.29, 1.82) is 0 Å². The number of nitrogens with zero attached hydrogens (tertiary/aromatic N) is 1. The Morgan fingerprint density at radius 3 is 2.62 bits per heavy atom. The van der Waals surface area contributed by atoms with E-state index in [1.54, 1.807) is 11.3 Å². The Kier molecular flexibility index (Phi) is 4.10. The number of benzene rings is 1. The molecule has 0 atom stereocenters. The third-order valence-corrected chi connectivity index (χ3v) is 5.38. The van der Waals surface area contributed by atoms with Crippen LogP contribution >= 0.6 is 11.3 Å². The normalized spacial score (nSPS) is 18.3. The van der Waals surface area contributed by atoms with Crippen molar-refractivity contribution in [2.24, 2.45) is 5.41 Å². The van der Waals surface area contributed by atoms with Gasteiger partial charge in [0.15, 0.2) is 5.13 Å². The second-order valence-corrected chi connectivity index (χ2v) is 6.87. The van der Waals surface area contributed by atoms with Crippen LogP contribution in [0, 0.1) is 5.41 Å². The van der Waals surface area contributed by atoms with Crippen molar-refractivity contribution in [3.63, 3.8) is 0 Å². The van der Waals surface area contributed by atoms with Gasteiger partial charge in [0.1, 0.15) is 0 Å². The topological polar surface area (TPSA) is 62.2 Å². The summed E-state index contributed by atoms with van der Waals surface area (Å²) < 4.78 is 1.13. The monoisotopic (exact) mass is 304 g/mol. The van der Waals surface area contributed by atoms with Gasteiger partial charge in [0.05, 0.1) is 15.6 Å². The number of anilines is 1. The van der Waals surface area contributed by atoms with E-state index >= 15 is 0 Å². The number of rotatable bonds is 4. The van der Waals surface area contributed by atoms with Gasteiger partial charge in [0, 0.05) is 6.54 Å². The Labute approximate surface area is 128 Å². The lowest BCUT2D eigenvalue weighted by molar-refractivity contribution is -0.149. The zero-order valence-electron chi connectivity index (χ0n) is 12.0. The summed E-state index contributed by atoms with van der Waals surface area (Å²) in [7, 11) is 0. The third kappa shape index (κ3) is 3.02. The lowest BCUT2D eigenvalue weighted by Gasteiger charge is -2.28. The summed E-state index contributed by atoms with van der Waals surface area (Å²) in [4.78, 5) is 16.3. The molecule has 3 rings (SSSR count). The summed E-state index contributed by atoms with van der Waals surface area (Å²) in [6.45, 7) is 0.474. The van der Waals surface area contributed by atoms with Crippen LogP contribution in [0.3, 0.4) is 0 Å². The first-order chi connectivity index (χ1) is 10.2. The van der Waals surface area contributed by atoms with Gasteiger partial charge in [-0.3, -0.25) is 4.79 Å². The zero-order valence-corrected chi connectivity index (χ0v) is 12.8. The number of fused-ring (bicyclic) bond motifs is 1. The highest BCUT2D eigenvalue weighted by atomic mass is 32.1. The van der Waals surface area contributed by atoms with Gasteiger partial charge < -0.3 is 10.4 Å². The van der Waals surface area contributed by atoms with Gasteiger partial charge in [-0.15, -0.1) is 0 Å². The van der Waals surface area contributed by atoms with Gasteiger partial charge in [0.25, 0.3) is 0 Å². The van der Waals surface area contributed by atoms with E-state index in [9.17, 15) is 9.90 Å². The highest BCUT2D eigenvalue weighted by molar-refractivity contribution is 7.22. The first-order valence-electron chi connectivity index (χ1n) is 7.52. The second kappa shape index (κ2) is 6.02. The fourth-order valence-corrected chi connectivity index (χ4v) is 3.93. The highest BCUT2D eigenvalue weighted by Gasteiger charge is 2.38. The van der Waals surface area contributed by atoms with E-state index in [4.69, 9.17) is 0 Å². The molecule has 1 aromatic heterocycles. The Morgan fingerprint density at radius 1 is 1.24 bits per heavy atom. The lowest BCUT2D eigenvalue weighted by atomic mass is 9.80. The quantitative estimate of drug-likeness (QED) is 0.834. The van der Waals surface area contributed by atoms with Crippen molar-refractivity contribution in [2.45, 2.75) is 38.5 Å². The van der Waals surface area contributed by atoms with Crippen LogP contribution < -0.4 is 5.32 Å². The molecular formula is C16H20N2O2S. The van der Waals surface area contributed by atoms with Gasteiger partial charge in [-0.25, -0.2) is 4.98 Å². The van der Waals surface area contributed by atoms with Gasteiger partial charge in [0.2, 0.25) is 0 Å². The third-order valence-electron chi connectivity index (χ3n) is 4.39. The summed E-state index contributed by atoms with van der Waals surface area (Å²) in [6, 6.07) is 7.98. The molecule has 112 valence electrons. The number of carbonyl (C=O) groups is 1. The van der Waals surface area contributed by atoms with Crippen LogP contribution in [0.1, 0.15) is 38.5 Å². The standard InChI is InChI=1S/C16H20N2O2S/c19-14(20)16(9-5-1-2-6-10-16)11-17-15-18-12-7-3-4-8-13(12)21-15/h3-4,7-8H,1-2,5-6,9-11H2,(H,17,18)(H,19,20). The van der Waals surface area contributed by atoms with Crippen molar-refractivity contribution in [3.05, 3.63) is 24.3 Å². The Balaban J connectivity index is 1.75. The molecule has 1 aromatic carbocycles. The van der Waals surface area contributed by atoms with E-state index in [0.717, 1.165) is 53.9 Å². The Morgan fingerprint density at radius 2 is 1.95 bits per heavy atom. The molecule has 1 fully saturated rings. The molecule has 0 spiro atoms. The molecule has 0 amide bonds. The minimum absolute atomic E-state index is 0.474. The number of carboxylic acid groups (broad SMARTS) is 1. The van der Waals surface area contributed by atoms with Crippen molar-refractivity contribution >= 4 is 32.7 Å². The summed E-state index contributed by atoms with van der Waals surface area (Å²) in [5.74, 6) is -0.669. The molecular weight excluding hydrogens is 284 g/mol. The number of aliphatic carboxylic acids is 1. The molecule has 5 heteroatoms. The lowest BCUT2D eigenvalue weighted by Crippen LogP contribution is -2.37. The second-order valence-electron chi connectivity index (χ2n) is 5.84. The number of carboxylic acids is 1. The van der Waals surface area contributed by atoms with Crippen LogP contribution in [0.15, 0.2) is 24.3 Å². The van der Waals surface area contributed by atoms with Crippen molar-refractivity contribution in [3.8, 4) is 0 Å². The molecule has 0 saturated heterocycles. The molecule has 1 saturated carbocycles.